The highest BCUT2D eigenvalue weighted by Crippen LogP contribution is 2.44. The maximum Gasteiger partial charge on any atom is 0.368 e. The molecule has 3 heterocycles. The third-order valence-corrected chi connectivity index (χ3v) is 6.61. The second-order valence-electron chi connectivity index (χ2n) is 11.1. The molecule has 5 rings (SSSR count). The molecule has 0 bridgehead atoms. The lowest BCUT2D eigenvalue weighted by atomic mass is 9.79. The van der Waals surface area contributed by atoms with E-state index in [-0.39, 0.29) is 46.1 Å². The summed E-state index contributed by atoms with van der Waals surface area (Å²) in [6, 6.07) is 4.94. The quantitative estimate of drug-likeness (QED) is 0.544. The predicted molar refractivity (Wildman–Crippen MR) is 133 cm³/mol. The van der Waals surface area contributed by atoms with Crippen LogP contribution in [0.2, 0.25) is 0 Å². The van der Waals surface area contributed by atoms with Crippen molar-refractivity contribution in [3.05, 3.63) is 45.8 Å². The Kier molecular flexibility index (Phi) is 5.98. The van der Waals surface area contributed by atoms with Gasteiger partial charge in [-0.05, 0) is 75.8 Å². The number of nitrogens with one attached hydrogen (secondary N) is 1. The van der Waals surface area contributed by atoms with Gasteiger partial charge < -0.3 is 5.32 Å². The van der Waals surface area contributed by atoms with Gasteiger partial charge in [-0.2, -0.15) is 19.6 Å². The van der Waals surface area contributed by atoms with E-state index in [0.29, 0.717) is 11.3 Å². The lowest BCUT2D eigenvalue weighted by Crippen LogP contribution is -2.60. The van der Waals surface area contributed by atoms with Crippen LogP contribution in [-0.2, 0) is 7.05 Å². The molecule has 1 aliphatic heterocycles. The molecule has 1 aliphatic carbocycles. The molecule has 1 saturated heterocycles. The van der Waals surface area contributed by atoms with E-state index in [2.05, 4.69) is 64.8 Å². The Labute approximate surface area is 214 Å². The zero-order valence-corrected chi connectivity index (χ0v) is 21.5. The van der Waals surface area contributed by atoms with Crippen LogP contribution in [0, 0.1) is 17.1 Å². The van der Waals surface area contributed by atoms with Crippen LogP contribution >= 0.6 is 0 Å². The minimum atomic E-state index is -0.484. The molecule has 37 heavy (non-hydrogen) atoms. The zero-order chi connectivity index (χ0) is 26.5. The van der Waals surface area contributed by atoms with Gasteiger partial charge in [0, 0.05) is 29.8 Å². The van der Waals surface area contributed by atoms with Gasteiger partial charge in [-0.25, -0.2) is 19.5 Å². The van der Waals surface area contributed by atoms with Crippen LogP contribution in [0.15, 0.2) is 23.1 Å². The first-order valence-corrected chi connectivity index (χ1v) is 12.3. The molecule has 2 radical (unpaired) electrons. The van der Waals surface area contributed by atoms with Gasteiger partial charge in [0.15, 0.2) is 5.82 Å². The van der Waals surface area contributed by atoms with E-state index in [1.807, 2.05) is 0 Å². The van der Waals surface area contributed by atoms with Crippen molar-refractivity contribution < 1.29 is 4.39 Å². The topological polar surface area (TPSA) is 143 Å². The first-order chi connectivity index (χ1) is 17.4. The zero-order valence-electron chi connectivity index (χ0n) is 21.5. The number of nitrogens with zero attached hydrogens (tertiary/aromatic N) is 9. The van der Waals surface area contributed by atoms with Crippen molar-refractivity contribution in [2.24, 2.45) is 7.05 Å². The van der Waals surface area contributed by atoms with E-state index in [4.69, 9.17) is 5.32 Å². The number of rotatable bonds is 6. The standard InChI is InChI=1S/C25H29FN10O/c1-24(2)10-17(11-25(3,4)32-24)29-21-15(12-27)13-28-22(31-21)30-16-8-18(26)20(14-6-7-14)19(9-16)36-23(37)35(5)33-34-36/h8-9,13-14,17,32H,6-7,10-11H2,1-5H3. The van der Waals surface area contributed by atoms with E-state index < -0.39 is 11.5 Å². The van der Waals surface area contributed by atoms with Crippen molar-refractivity contribution in [1.82, 2.24) is 45.7 Å². The molecule has 1 N–H and O–H groups in total. The van der Waals surface area contributed by atoms with Crippen molar-refractivity contribution >= 4 is 17.5 Å². The highest BCUT2D eigenvalue weighted by molar-refractivity contribution is 5.57. The molecule has 2 fully saturated rings. The maximum absolute atomic E-state index is 15.2. The number of halogens is 1. The number of benzene rings is 1. The highest BCUT2D eigenvalue weighted by Gasteiger charge is 2.39. The number of hydrogen-bond donors (Lipinski definition) is 1. The first-order valence-electron chi connectivity index (χ1n) is 12.3. The Balaban J connectivity index is 1.46. The van der Waals surface area contributed by atoms with Gasteiger partial charge in [0.2, 0.25) is 0 Å². The molecule has 12 heteroatoms. The Morgan fingerprint density at radius 2 is 1.86 bits per heavy atom. The summed E-state index contributed by atoms with van der Waals surface area (Å²) in [7, 11) is 1.48. The summed E-state index contributed by atoms with van der Waals surface area (Å²) < 4.78 is 17.4. The summed E-state index contributed by atoms with van der Waals surface area (Å²) in [5, 5.41) is 30.1. The molecule has 2 aliphatic rings. The summed E-state index contributed by atoms with van der Waals surface area (Å²) in [5.74, 6) is -0.154. The van der Waals surface area contributed by atoms with Crippen LogP contribution in [0.1, 0.15) is 70.4 Å². The number of hydrogen-bond acceptors (Lipinski definition) is 7. The molecular formula is C25H29FN10O. The van der Waals surface area contributed by atoms with E-state index in [9.17, 15) is 10.1 Å². The number of piperidine rings is 1. The fourth-order valence-corrected chi connectivity index (χ4v) is 5.31. The van der Waals surface area contributed by atoms with E-state index in [1.165, 1.54) is 19.3 Å². The molecule has 0 atom stereocenters. The van der Waals surface area contributed by atoms with Crippen molar-refractivity contribution in [3.8, 4) is 11.8 Å². The molecule has 192 valence electrons. The third-order valence-electron chi connectivity index (χ3n) is 6.61. The van der Waals surface area contributed by atoms with Crippen molar-refractivity contribution in [1.29, 1.82) is 5.26 Å². The van der Waals surface area contributed by atoms with Crippen LogP contribution in [-0.4, -0.2) is 46.9 Å². The second kappa shape index (κ2) is 8.92. The van der Waals surface area contributed by atoms with Gasteiger partial charge in [-0.3, -0.25) is 5.32 Å². The summed E-state index contributed by atoms with van der Waals surface area (Å²) >= 11 is 0. The molecule has 11 nitrogen and oxygen atoms in total. The Hall–Kier alpha value is -3.85. The van der Waals surface area contributed by atoms with Gasteiger partial charge in [0.1, 0.15) is 17.4 Å². The molecule has 0 unspecified atom stereocenters. The minimum Gasteiger partial charge on any atom is -0.307 e. The highest BCUT2D eigenvalue weighted by atomic mass is 19.1. The maximum atomic E-state index is 15.2. The summed E-state index contributed by atoms with van der Waals surface area (Å²) in [6.07, 6.45) is 4.61. The lowest BCUT2D eigenvalue weighted by molar-refractivity contribution is 0.152. The van der Waals surface area contributed by atoms with Crippen LogP contribution in [0.25, 0.3) is 5.69 Å². The van der Waals surface area contributed by atoms with Gasteiger partial charge in [0.25, 0.3) is 5.95 Å². The van der Waals surface area contributed by atoms with Crippen LogP contribution in [0.4, 0.5) is 21.8 Å². The predicted octanol–water partition coefficient (Wildman–Crippen LogP) is 2.76. The van der Waals surface area contributed by atoms with Gasteiger partial charge in [-0.1, -0.05) is 0 Å². The molecule has 1 aromatic carbocycles. The van der Waals surface area contributed by atoms with Crippen LogP contribution < -0.4 is 21.6 Å². The van der Waals surface area contributed by atoms with Crippen molar-refractivity contribution in [2.75, 3.05) is 0 Å². The van der Waals surface area contributed by atoms with E-state index in [1.54, 1.807) is 6.07 Å². The fraction of sp³-hybridized carbons (Fsp3) is 0.520. The SMILES string of the molecule is Cn1nnn(-c2cc([N]c3ncc(C#N)c([N]C4CC(C)(C)NC(C)(C)C4)n3)cc(F)c2C2CC2)c1=O. The average Bonchev–Trinajstić information content (AvgIpc) is 3.56. The largest absolute Gasteiger partial charge is 0.368 e. The first kappa shape index (κ1) is 24.8. The van der Waals surface area contributed by atoms with E-state index >= 15 is 4.39 Å². The molecule has 1 saturated carbocycles. The van der Waals surface area contributed by atoms with Crippen LogP contribution in [0.5, 0.6) is 0 Å². The number of aryl methyl sites for hydroxylation is 1. The normalized spacial score (nSPS) is 18.8. The summed E-state index contributed by atoms with van der Waals surface area (Å²) in [5.41, 5.74) is 0.453. The molecular weight excluding hydrogens is 475 g/mol. The third kappa shape index (κ3) is 5.17. The Morgan fingerprint density at radius 1 is 1.16 bits per heavy atom. The smallest absolute Gasteiger partial charge is 0.307 e. The van der Waals surface area contributed by atoms with Crippen LogP contribution in [0.3, 0.4) is 0 Å². The molecule has 0 spiro atoms. The fourth-order valence-electron chi connectivity index (χ4n) is 5.31. The summed E-state index contributed by atoms with van der Waals surface area (Å²) in [4.78, 5) is 21.1. The number of tetrazole rings is 1. The van der Waals surface area contributed by atoms with Crippen molar-refractivity contribution in [3.63, 3.8) is 0 Å². The molecule has 0 amide bonds. The lowest BCUT2D eigenvalue weighted by Gasteiger charge is -2.46. The second-order valence-corrected chi connectivity index (χ2v) is 11.1. The molecule has 3 aromatic rings. The average molecular weight is 505 g/mol. The number of nitriles is 1. The number of aromatic nitrogens is 6. The molecule has 2 aromatic heterocycles. The van der Waals surface area contributed by atoms with Gasteiger partial charge >= 0.3 is 5.69 Å². The Morgan fingerprint density at radius 3 is 2.46 bits per heavy atom. The monoisotopic (exact) mass is 504 g/mol. The summed E-state index contributed by atoms with van der Waals surface area (Å²) in [6.45, 7) is 8.51. The Bertz CT molecular complexity index is 1430. The minimum absolute atomic E-state index is 0.0213. The van der Waals surface area contributed by atoms with Gasteiger partial charge in [-0.15, -0.1) is 0 Å². The van der Waals surface area contributed by atoms with Gasteiger partial charge in [0.05, 0.1) is 23.6 Å². The van der Waals surface area contributed by atoms with Crippen molar-refractivity contribution in [2.45, 2.75) is 76.4 Å². The van der Waals surface area contributed by atoms with E-state index in [0.717, 1.165) is 35.0 Å².